The summed E-state index contributed by atoms with van der Waals surface area (Å²) in [5.74, 6) is 2.23. The molecule has 1 aliphatic rings. The number of pyridine rings is 1. The Balaban J connectivity index is 1.54. The lowest BCUT2D eigenvalue weighted by atomic mass is 9.89. The molecule has 6 heteroatoms. The summed E-state index contributed by atoms with van der Waals surface area (Å²) >= 11 is 0. The lowest BCUT2D eigenvalue weighted by molar-refractivity contribution is -0.120. The Morgan fingerprint density at radius 2 is 1.85 bits per heavy atom. The Morgan fingerprint density at radius 1 is 1.07 bits per heavy atom. The van der Waals surface area contributed by atoms with Crippen LogP contribution in [-0.4, -0.2) is 25.1 Å². The second-order valence-electron chi connectivity index (χ2n) is 6.80. The monoisotopic (exact) mass is 369 g/mol. The number of anilines is 2. The number of carbonyl (C=O) groups excluding carboxylic acids is 1. The molecule has 1 aromatic heterocycles. The first-order valence-electron chi connectivity index (χ1n) is 9.41. The zero-order valence-corrected chi connectivity index (χ0v) is 16.0. The van der Waals surface area contributed by atoms with Gasteiger partial charge >= 0.3 is 0 Å². The maximum atomic E-state index is 12.3. The number of aromatic nitrogens is 1. The molecule has 0 saturated heterocycles. The molecular formula is C21H27N3O3. The topological polar surface area (TPSA) is 72.5 Å². The van der Waals surface area contributed by atoms with E-state index in [1.165, 1.54) is 6.42 Å². The quantitative estimate of drug-likeness (QED) is 0.764. The summed E-state index contributed by atoms with van der Waals surface area (Å²) in [6, 6.07) is 9.57. The van der Waals surface area contributed by atoms with Crippen molar-refractivity contribution in [2.45, 2.75) is 38.6 Å². The van der Waals surface area contributed by atoms with E-state index in [4.69, 9.17) is 9.47 Å². The minimum Gasteiger partial charge on any atom is -0.493 e. The molecule has 2 aromatic rings. The van der Waals surface area contributed by atoms with Gasteiger partial charge in [0.25, 0.3) is 0 Å². The summed E-state index contributed by atoms with van der Waals surface area (Å²) < 4.78 is 10.6. The van der Waals surface area contributed by atoms with Crippen LogP contribution >= 0.6 is 0 Å². The van der Waals surface area contributed by atoms with Gasteiger partial charge in [-0.3, -0.25) is 4.79 Å². The fourth-order valence-electron chi connectivity index (χ4n) is 3.36. The summed E-state index contributed by atoms with van der Waals surface area (Å²) in [6.07, 6.45) is 7.22. The van der Waals surface area contributed by atoms with E-state index in [1.54, 1.807) is 20.4 Å². The summed E-state index contributed by atoms with van der Waals surface area (Å²) in [6.45, 7) is 0.635. The van der Waals surface area contributed by atoms with Crippen LogP contribution in [0.2, 0.25) is 0 Å². The predicted molar refractivity (Wildman–Crippen MR) is 106 cm³/mol. The molecule has 0 aliphatic heterocycles. The van der Waals surface area contributed by atoms with Gasteiger partial charge in [0.1, 0.15) is 5.82 Å². The molecule has 1 fully saturated rings. The third kappa shape index (κ3) is 5.12. The highest BCUT2D eigenvalue weighted by Crippen LogP contribution is 2.28. The first kappa shape index (κ1) is 19.0. The van der Waals surface area contributed by atoms with Crippen LogP contribution in [0, 0.1) is 5.92 Å². The molecule has 1 heterocycles. The zero-order valence-electron chi connectivity index (χ0n) is 16.0. The number of rotatable bonds is 7. The Morgan fingerprint density at radius 3 is 2.52 bits per heavy atom. The summed E-state index contributed by atoms with van der Waals surface area (Å²) in [5, 5.41) is 6.25. The van der Waals surface area contributed by atoms with Gasteiger partial charge in [0.05, 0.1) is 26.1 Å². The number of carbonyl (C=O) groups is 1. The van der Waals surface area contributed by atoms with Crippen molar-refractivity contribution in [3.63, 3.8) is 0 Å². The van der Waals surface area contributed by atoms with Gasteiger partial charge in [-0.2, -0.15) is 0 Å². The average molecular weight is 369 g/mol. The lowest BCUT2D eigenvalue weighted by Crippen LogP contribution is -2.25. The smallest absolute Gasteiger partial charge is 0.228 e. The van der Waals surface area contributed by atoms with Crippen LogP contribution in [0.1, 0.15) is 37.7 Å². The lowest BCUT2D eigenvalue weighted by Gasteiger charge is -2.20. The van der Waals surface area contributed by atoms with Gasteiger partial charge in [0, 0.05) is 12.5 Å². The number of ether oxygens (including phenoxy) is 2. The summed E-state index contributed by atoms with van der Waals surface area (Å²) in [4.78, 5) is 16.6. The maximum Gasteiger partial charge on any atom is 0.228 e. The van der Waals surface area contributed by atoms with E-state index < -0.39 is 0 Å². The molecular weight excluding hydrogens is 342 g/mol. The third-order valence-corrected chi connectivity index (χ3v) is 4.94. The van der Waals surface area contributed by atoms with E-state index in [2.05, 4.69) is 15.6 Å². The Labute approximate surface area is 160 Å². The van der Waals surface area contributed by atoms with E-state index in [9.17, 15) is 4.79 Å². The molecule has 0 bridgehead atoms. The molecule has 6 nitrogen and oxygen atoms in total. The number of nitrogens with zero attached hydrogens (tertiary/aromatic N) is 1. The maximum absolute atomic E-state index is 12.3. The van der Waals surface area contributed by atoms with E-state index >= 15 is 0 Å². The van der Waals surface area contributed by atoms with Gasteiger partial charge in [-0.15, -0.1) is 0 Å². The molecule has 2 N–H and O–H groups in total. The van der Waals surface area contributed by atoms with Gasteiger partial charge in [-0.25, -0.2) is 4.98 Å². The van der Waals surface area contributed by atoms with E-state index in [-0.39, 0.29) is 11.8 Å². The number of methoxy groups -OCH3 is 2. The second kappa shape index (κ2) is 9.26. The van der Waals surface area contributed by atoms with Crippen LogP contribution < -0.4 is 20.1 Å². The number of hydrogen-bond donors (Lipinski definition) is 2. The van der Waals surface area contributed by atoms with Gasteiger partial charge < -0.3 is 20.1 Å². The molecule has 144 valence electrons. The number of benzene rings is 1. The van der Waals surface area contributed by atoms with E-state index in [1.807, 2.05) is 30.3 Å². The highest BCUT2D eigenvalue weighted by atomic mass is 16.5. The second-order valence-corrected chi connectivity index (χ2v) is 6.80. The molecule has 0 radical (unpaired) electrons. The van der Waals surface area contributed by atoms with Crippen molar-refractivity contribution in [2.75, 3.05) is 24.9 Å². The molecule has 1 aromatic carbocycles. The normalized spacial score (nSPS) is 14.4. The van der Waals surface area contributed by atoms with Gasteiger partial charge in [0.2, 0.25) is 5.91 Å². The molecule has 0 atom stereocenters. The Bertz CT molecular complexity index is 756. The van der Waals surface area contributed by atoms with Crippen LogP contribution in [0.4, 0.5) is 11.5 Å². The minimum absolute atomic E-state index is 0.0910. The molecule has 0 spiro atoms. The number of nitrogens with one attached hydrogen (secondary N) is 2. The van der Waals surface area contributed by atoms with Crippen LogP contribution in [0.3, 0.4) is 0 Å². The van der Waals surface area contributed by atoms with Crippen LogP contribution in [0.25, 0.3) is 0 Å². The molecule has 1 aliphatic carbocycles. The van der Waals surface area contributed by atoms with Crippen molar-refractivity contribution in [3.05, 3.63) is 42.1 Å². The SMILES string of the molecule is COc1ccc(CNc2ccc(NC(=O)C3CCCCC3)nc2)cc1OC. The largest absolute Gasteiger partial charge is 0.493 e. The van der Waals surface area contributed by atoms with Gasteiger partial charge in [0.15, 0.2) is 11.5 Å². The van der Waals surface area contributed by atoms with Crippen molar-refractivity contribution in [1.82, 2.24) is 4.98 Å². The van der Waals surface area contributed by atoms with Crippen molar-refractivity contribution >= 4 is 17.4 Å². The first-order chi connectivity index (χ1) is 13.2. The first-order valence-corrected chi connectivity index (χ1v) is 9.41. The van der Waals surface area contributed by atoms with Crippen molar-refractivity contribution in [2.24, 2.45) is 5.92 Å². The van der Waals surface area contributed by atoms with Crippen molar-refractivity contribution in [3.8, 4) is 11.5 Å². The van der Waals surface area contributed by atoms with Crippen LogP contribution in [-0.2, 0) is 11.3 Å². The Hall–Kier alpha value is -2.76. The molecule has 0 unspecified atom stereocenters. The highest BCUT2D eigenvalue weighted by molar-refractivity contribution is 5.91. The standard InChI is InChI=1S/C21H27N3O3/c1-26-18-10-8-15(12-19(18)27-2)13-22-17-9-11-20(23-14-17)24-21(25)16-6-4-3-5-7-16/h8-12,14,16,22H,3-7,13H2,1-2H3,(H,23,24,25). The predicted octanol–water partition coefficient (Wildman–Crippen LogP) is 4.23. The highest BCUT2D eigenvalue weighted by Gasteiger charge is 2.21. The van der Waals surface area contributed by atoms with Gasteiger partial charge in [-0.05, 0) is 42.7 Å². The fraction of sp³-hybridized carbons (Fsp3) is 0.429. The van der Waals surface area contributed by atoms with Crippen LogP contribution in [0.5, 0.6) is 11.5 Å². The summed E-state index contributed by atoms with van der Waals surface area (Å²) in [5.41, 5.74) is 1.96. The molecule has 27 heavy (non-hydrogen) atoms. The molecule has 1 amide bonds. The fourth-order valence-corrected chi connectivity index (χ4v) is 3.36. The number of amides is 1. The average Bonchev–Trinajstić information content (AvgIpc) is 2.73. The van der Waals surface area contributed by atoms with Crippen LogP contribution in [0.15, 0.2) is 36.5 Å². The van der Waals surface area contributed by atoms with Crippen molar-refractivity contribution < 1.29 is 14.3 Å². The van der Waals surface area contributed by atoms with Crippen molar-refractivity contribution in [1.29, 1.82) is 0 Å². The van der Waals surface area contributed by atoms with Gasteiger partial charge in [-0.1, -0.05) is 25.3 Å². The number of hydrogen-bond acceptors (Lipinski definition) is 5. The third-order valence-electron chi connectivity index (χ3n) is 4.94. The molecule has 1 saturated carbocycles. The van der Waals surface area contributed by atoms with E-state index in [0.29, 0.717) is 23.9 Å². The van der Waals surface area contributed by atoms with E-state index in [0.717, 1.165) is 36.9 Å². The molecule has 3 rings (SSSR count). The summed E-state index contributed by atoms with van der Waals surface area (Å²) in [7, 11) is 3.25. The minimum atomic E-state index is 0.0910. The zero-order chi connectivity index (χ0) is 19.1. The Kier molecular flexibility index (Phi) is 6.52.